The fourth-order valence-electron chi connectivity index (χ4n) is 1.51. The van der Waals surface area contributed by atoms with Gasteiger partial charge in [-0.25, -0.2) is 8.91 Å². The Labute approximate surface area is 98.6 Å². The molecule has 1 N–H and O–H groups in total. The molecule has 0 aromatic carbocycles. The van der Waals surface area contributed by atoms with E-state index in [1.165, 1.54) is 16.8 Å². The summed E-state index contributed by atoms with van der Waals surface area (Å²) in [4.78, 5) is 4.20. The topological polar surface area (TPSA) is 51.5 Å². The summed E-state index contributed by atoms with van der Waals surface area (Å²) in [7, 11) is 0. The molecule has 0 amide bonds. The average molecular weight is 238 g/mol. The second kappa shape index (κ2) is 5.09. The van der Waals surface area contributed by atoms with E-state index in [1.54, 1.807) is 6.07 Å². The normalized spacial score (nSPS) is 12.9. The maximum absolute atomic E-state index is 12.9. The molecule has 0 saturated carbocycles. The first-order valence-corrected chi connectivity index (χ1v) is 5.56. The van der Waals surface area contributed by atoms with Gasteiger partial charge in [-0.3, -0.25) is 0 Å². The van der Waals surface area contributed by atoms with Gasteiger partial charge in [0.25, 0.3) is 0 Å². The quantitative estimate of drug-likeness (QED) is 0.861. The molecule has 0 saturated heterocycles. The van der Waals surface area contributed by atoms with Gasteiger partial charge >= 0.3 is 0 Å². The molecule has 2 aromatic rings. The summed E-state index contributed by atoms with van der Waals surface area (Å²) in [5.41, 5.74) is 0.609. The van der Waals surface area contributed by atoms with Gasteiger partial charge in [-0.1, -0.05) is 0 Å². The van der Waals surface area contributed by atoms with E-state index < -0.39 is 0 Å². The number of halogens is 1. The van der Waals surface area contributed by atoms with Gasteiger partial charge in [0.15, 0.2) is 5.65 Å². The first-order chi connectivity index (χ1) is 8.19. The summed E-state index contributed by atoms with van der Waals surface area (Å²) in [5.74, 6) is 0.138. The van der Waals surface area contributed by atoms with Crippen LogP contribution in [0.1, 0.15) is 13.8 Å². The van der Waals surface area contributed by atoms with Crippen molar-refractivity contribution in [1.82, 2.24) is 14.6 Å². The van der Waals surface area contributed by atoms with E-state index >= 15 is 0 Å². The molecule has 0 aliphatic rings. The van der Waals surface area contributed by atoms with Gasteiger partial charge in [0.05, 0.1) is 12.3 Å². The lowest BCUT2D eigenvalue weighted by atomic mass is 10.4. The van der Waals surface area contributed by atoms with Crippen molar-refractivity contribution in [1.29, 1.82) is 0 Å². The Morgan fingerprint density at radius 2 is 2.35 bits per heavy atom. The number of anilines is 1. The fourth-order valence-corrected chi connectivity index (χ4v) is 1.51. The summed E-state index contributed by atoms with van der Waals surface area (Å²) in [6.07, 6.45) is 1.38. The van der Waals surface area contributed by atoms with Crippen LogP contribution in [0.3, 0.4) is 0 Å². The van der Waals surface area contributed by atoms with Crippen LogP contribution in [-0.2, 0) is 4.74 Å². The van der Waals surface area contributed by atoms with E-state index in [-0.39, 0.29) is 11.9 Å². The molecule has 2 aromatic heterocycles. The Morgan fingerprint density at radius 1 is 1.53 bits per heavy atom. The standard InChI is InChI=1S/C11H15FN4O/c1-3-17-8(2)6-13-11-14-10-5-4-9(12)7-16(10)15-11/h4-5,7-8H,3,6H2,1-2H3,(H,13,15). The van der Waals surface area contributed by atoms with Crippen molar-refractivity contribution in [3.05, 3.63) is 24.1 Å². The van der Waals surface area contributed by atoms with Gasteiger partial charge in [0.1, 0.15) is 5.82 Å². The third-order valence-electron chi connectivity index (χ3n) is 2.29. The van der Waals surface area contributed by atoms with Crippen LogP contribution in [0.25, 0.3) is 5.65 Å². The Bertz CT molecular complexity index is 499. The highest BCUT2D eigenvalue weighted by Gasteiger charge is 2.06. The minimum Gasteiger partial charge on any atom is -0.377 e. The van der Waals surface area contributed by atoms with E-state index in [0.717, 1.165) is 0 Å². The van der Waals surface area contributed by atoms with E-state index in [9.17, 15) is 4.39 Å². The van der Waals surface area contributed by atoms with Crippen LogP contribution in [0.5, 0.6) is 0 Å². The number of nitrogens with zero attached hydrogens (tertiary/aromatic N) is 3. The molecule has 2 heterocycles. The number of hydrogen-bond donors (Lipinski definition) is 1. The molecule has 0 aliphatic carbocycles. The van der Waals surface area contributed by atoms with E-state index in [4.69, 9.17) is 4.74 Å². The molecule has 5 nitrogen and oxygen atoms in total. The average Bonchev–Trinajstić information content (AvgIpc) is 2.68. The maximum Gasteiger partial charge on any atom is 0.243 e. The minimum absolute atomic E-state index is 0.0864. The lowest BCUT2D eigenvalue weighted by Gasteiger charge is -2.10. The highest BCUT2D eigenvalue weighted by atomic mass is 19.1. The molecular weight excluding hydrogens is 223 g/mol. The SMILES string of the molecule is CCOC(C)CNc1nc2ccc(F)cn2n1. The second-order valence-electron chi connectivity index (χ2n) is 3.73. The molecule has 0 aliphatic heterocycles. The van der Waals surface area contributed by atoms with Crippen molar-refractivity contribution >= 4 is 11.6 Å². The third kappa shape index (κ3) is 2.91. The smallest absolute Gasteiger partial charge is 0.243 e. The molecule has 0 spiro atoms. The zero-order valence-electron chi connectivity index (χ0n) is 9.85. The van der Waals surface area contributed by atoms with Crippen molar-refractivity contribution in [2.24, 2.45) is 0 Å². The Morgan fingerprint density at radius 3 is 3.12 bits per heavy atom. The Hall–Kier alpha value is -1.69. The monoisotopic (exact) mass is 238 g/mol. The van der Waals surface area contributed by atoms with E-state index in [2.05, 4.69) is 15.4 Å². The largest absolute Gasteiger partial charge is 0.377 e. The summed E-state index contributed by atoms with van der Waals surface area (Å²) in [5, 5.41) is 7.15. The number of pyridine rings is 1. The predicted octanol–water partition coefficient (Wildman–Crippen LogP) is 1.71. The first kappa shape index (κ1) is 11.8. The number of ether oxygens (including phenoxy) is 1. The molecule has 6 heteroatoms. The molecule has 1 unspecified atom stereocenters. The summed E-state index contributed by atoms with van der Waals surface area (Å²) < 4.78 is 19.7. The molecule has 0 bridgehead atoms. The number of rotatable bonds is 5. The lowest BCUT2D eigenvalue weighted by Crippen LogP contribution is -2.20. The molecule has 0 fully saturated rings. The number of fused-ring (bicyclic) bond motifs is 1. The lowest BCUT2D eigenvalue weighted by molar-refractivity contribution is 0.0854. The zero-order chi connectivity index (χ0) is 12.3. The van der Waals surface area contributed by atoms with Crippen molar-refractivity contribution in [3.8, 4) is 0 Å². The maximum atomic E-state index is 12.9. The zero-order valence-corrected chi connectivity index (χ0v) is 9.85. The van der Waals surface area contributed by atoms with Crippen LogP contribution in [0.2, 0.25) is 0 Å². The van der Waals surface area contributed by atoms with E-state index in [0.29, 0.717) is 24.7 Å². The number of hydrogen-bond acceptors (Lipinski definition) is 4. The molecule has 92 valence electrons. The van der Waals surface area contributed by atoms with Crippen molar-refractivity contribution in [3.63, 3.8) is 0 Å². The third-order valence-corrected chi connectivity index (χ3v) is 2.29. The van der Waals surface area contributed by atoms with Crippen LogP contribution in [0.4, 0.5) is 10.3 Å². The molecule has 17 heavy (non-hydrogen) atoms. The summed E-state index contributed by atoms with van der Waals surface area (Å²) in [6.45, 7) is 5.20. The van der Waals surface area contributed by atoms with Crippen molar-refractivity contribution in [2.45, 2.75) is 20.0 Å². The predicted molar refractivity (Wildman–Crippen MR) is 62.5 cm³/mol. The van der Waals surface area contributed by atoms with Crippen molar-refractivity contribution < 1.29 is 9.13 Å². The Kier molecular flexibility index (Phi) is 3.53. The molecule has 1 atom stereocenters. The minimum atomic E-state index is -0.336. The summed E-state index contributed by atoms with van der Waals surface area (Å²) >= 11 is 0. The molecule has 0 radical (unpaired) electrons. The van der Waals surface area contributed by atoms with Gasteiger partial charge in [0, 0.05) is 13.2 Å². The highest BCUT2D eigenvalue weighted by Crippen LogP contribution is 2.06. The number of nitrogens with one attached hydrogen (secondary N) is 1. The van der Waals surface area contributed by atoms with Gasteiger partial charge < -0.3 is 10.1 Å². The van der Waals surface area contributed by atoms with Crippen LogP contribution in [0, 0.1) is 5.82 Å². The molecular formula is C11H15FN4O. The van der Waals surface area contributed by atoms with Gasteiger partial charge in [-0.2, -0.15) is 4.98 Å². The van der Waals surface area contributed by atoms with Crippen LogP contribution in [-0.4, -0.2) is 33.9 Å². The van der Waals surface area contributed by atoms with Gasteiger partial charge in [0.2, 0.25) is 5.95 Å². The van der Waals surface area contributed by atoms with Crippen LogP contribution >= 0.6 is 0 Å². The van der Waals surface area contributed by atoms with Crippen LogP contribution < -0.4 is 5.32 Å². The highest BCUT2D eigenvalue weighted by molar-refractivity contribution is 5.43. The summed E-state index contributed by atoms with van der Waals surface area (Å²) in [6, 6.07) is 2.94. The van der Waals surface area contributed by atoms with Gasteiger partial charge in [-0.15, -0.1) is 5.10 Å². The fraction of sp³-hybridized carbons (Fsp3) is 0.455. The number of aromatic nitrogens is 3. The van der Waals surface area contributed by atoms with Gasteiger partial charge in [-0.05, 0) is 26.0 Å². The molecule has 2 rings (SSSR count). The van der Waals surface area contributed by atoms with Crippen molar-refractivity contribution in [2.75, 3.05) is 18.5 Å². The van der Waals surface area contributed by atoms with Crippen LogP contribution in [0.15, 0.2) is 18.3 Å². The first-order valence-electron chi connectivity index (χ1n) is 5.56. The second-order valence-corrected chi connectivity index (χ2v) is 3.73. The Balaban J connectivity index is 2.04. The van der Waals surface area contributed by atoms with E-state index in [1.807, 2.05) is 13.8 Å².